The fourth-order valence-electron chi connectivity index (χ4n) is 2.14. The second-order valence-corrected chi connectivity index (χ2v) is 6.02. The predicted molar refractivity (Wildman–Crippen MR) is 96.1 cm³/mol. The van der Waals surface area contributed by atoms with E-state index in [1.807, 2.05) is 0 Å². The summed E-state index contributed by atoms with van der Waals surface area (Å²) in [6, 6.07) is 13.8. The fraction of sp³-hybridized carbons (Fsp3) is 0.0556. The summed E-state index contributed by atoms with van der Waals surface area (Å²) in [5.41, 5.74) is 2.04. The van der Waals surface area contributed by atoms with Gasteiger partial charge in [0, 0.05) is 15.6 Å². The topological polar surface area (TPSA) is 64.7 Å². The Hall–Kier alpha value is -2.63. The number of hydrogen-bond acceptors (Lipinski definition) is 5. The SMILES string of the molecule is Cc1noc(-c2ccc(Cl)cc2)c1C(=O)O/N=C/c1ccc(Cl)cc1. The molecule has 1 heterocycles. The maximum atomic E-state index is 12.3. The van der Waals surface area contributed by atoms with Crippen LogP contribution in [0.3, 0.4) is 0 Å². The molecule has 25 heavy (non-hydrogen) atoms. The number of nitrogens with zero attached hydrogens (tertiary/aromatic N) is 2. The predicted octanol–water partition coefficient (Wildman–Crippen LogP) is 5.15. The van der Waals surface area contributed by atoms with E-state index in [4.69, 9.17) is 32.6 Å². The lowest BCUT2D eigenvalue weighted by atomic mass is 10.1. The van der Waals surface area contributed by atoms with Gasteiger partial charge >= 0.3 is 5.97 Å². The first kappa shape index (κ1) is 17.2. The molecule has 0 fully saturated rings. The Labute approximate surface area is 153 Å². The molecule has 0 unspecified atom stereocenters. The number of aromatic nitrogens is 1. The molecule has 0 aliphatic heterocycles. The summed E-state index contributed by atoms with van der Waals surface area (Å²) in [5.74, 6) is -0.352. The minimum atomic E-state index is -0.658. The van der Waals surface area contributed by atoms with Crippen LogP contribution >= 0.6 is 23.2 Å². The van der Waals surface area contributed by atoms with Crippen molar-refractivity contribution in [3.8, 4) is 11.3 Å². The molecule has 0 saturated heterocycles. The zero-order valence-corrected chi connectivity index (χ0v) is 14.6. The van der Waals surface area contributed by atoms with Gasteiger partial charge in [0.2, 0.25) is 0 Å². The minimum absolute atomic E-state index is 0.218. The monoisotopic (exact) mass is 374 g/mol. The molecule has 5 nitrogen and oxygen atoms in total. The first-order valence-corrected chi connectivity index (χ1v) is 8.02. The number of carbonyl (C=O) groups is 1. The number of carbonyl (C=O) groups excluding carboxylic acids is 1. The van der Waals surface area contributed by atoms with E-state index in [9.17, 15) is 4.79 Å². The zero-order chi connectivity index (χ0) is 17.8. The molecule has 0 radical (unpaired) electrons. The molecule has 1 aromatic heterocycles. The van der Waals surface area contributed by atoms with Crippen LogP contribution in [0.5, 0.6) is 0 Å². The molecule has 3 rings (SSSR count). The van der Waals surface area contributed by atoms with Gasteiger partial charge in [0.15, 0.2) is 5.76 Å². The van der Waals surface area contributed by atoms with Gasteiger partial charge in [0.05, 0.1) is 11.9 Å². The average Bonchev–Trinajstić information content (AvgIpc) is 2.99. The van der Waals surface area contributed by atoms with Crippen LogP contribution in [0.25, 0.3) is 11.3 Å². The summed E-state index contributed by atoms with van der Waals surface area (Å²) in [5, 5.41) is 8.74. The summed E-state index contributed by atoms with van der Waals surface area (Å²) in [6.45, 7) is 1.66. The molecule has 0 saturated carbocycles. The first-order chi connectivity index (χ1) is 12.0. The Balaban J connectivity index is 1.79. The molecule has 7 heteroatoms. The second-order valence-electron chi connectivity index (χ2n) is 5.14. The van der Waals surface area contributed by atoms with Crippen LogP contribution in [-0.4, -0.2) is 17.3 Å². The van der Waals surface area contributed by atoms with Crippen molar-refractivity contribution < 1.29 is 14.2 Å². The second kappa shape index (κ2) is 7.51. The Bertz CT molecular complexity index is 916. The van der Waals surface area contributed by atoms with Crippen LogP contribution in [0.1, 0.15) is 21.6 Å². The van der Waals surface area contributed by atoms with Gasteiger partial charge in [-0.05, 0) is 48.9 Å². The van der Waals surface area contributed by atoms with Crippen LogP contribution < -0.4 is 0 Å². The van der Waals surface area contributed by atoms with E-state index in [2.05, 4.69) is 10.3 Å². The van der Waals surface area contributed by atoms with Crippen molar-refractivity contribution in [2.75, 3.05) is 0 Å². The molecule has 0 bridgehead atoms. The van der Waals surface area contributed by atoms with E-state index in [0.717, 1.165) is 5.56 Å². The standard InChI is InChI=1S/C18H12Cl2N2O3/c1-11-16(17(24-22-11)13-4-8-15(20)9-5-13)18(23)25-21-10-12-2-6-14(19)7-3-12/h2-10H,1H3/b21-10+. The highest BCUT2D eigenvalue weighted by molar-refractivity contribution is 6.30. The Kier molecular flexibility index (Phi) is 5.16. The lowest BCUT2D eigenvalue weighted by Gasteiger charge is -2.00. The summed E-state index contributed by atoms with van der Waals surface area (Å²) in [6.07, 6.45) is 1.42. The summed E-state index contributed by atoms with van der Waals surface area (Å²) >= 11 is 11.7. The number of aryl methyl sites for hydroxylation is 1. The zero-order valence-electron chi connectivity index (χ0n) is 13.1. The van der Waals surface area contributed by atoms with Gasteiger partial charge in [-0.25, -0.2) is 4.79 Å². The van der Waals surface area contributed by atoms with Gasteiger partial charge in [0.1, 0.15) is 5.56 Å². The highest BCUT2D eigenvalue weighted by Gasteiger charge is 2.23. The molecule has 0 N–H and O–H groups in total. The van der Waals surface area contributed by atoms with E-state index in [-0.39, 0.29) is 5.56 Å². The highest BCUT2D eigenvalue weighted by Crippen LogP contribution is 2.28. The van der Waals surface area contributed by atoms with E-state index in [0.29, 0.717) is 27.1 Å². The van der Waals surface area contributed by atoms with Crippen molar-refractivity contribution in [1.82, 2.24) is 5.16 Å². The molecule has 0 spiro atoms. The summed E-state index contributed by atoms with van der Waals surface area (Å²) in [4.78, 5) is 17.3. The lowest BCUT2D eigenvalue weighted by Crippen LogP contribution is -2.03. The van der Waals surface area contributed by atoms with Crippen molar-refractivity contribution in [3.63, 3.8) is 0 Å². The molecular formula is C18H12Cl2N2O3. The number of benzene rings is 2. The van der Waals surface area contributed by atoms with E-state index < -0.39 is 5.97 Å². The van der Waals surface area contributed by atoms with Gasteiger partial charge in [-0.3, -0.25) is 0 Å². The fourth-order valence-corrected chi connectivity index (χ4v) is 2.39. The highest BCUT2D eigenvalue weighted by atomic mass is 35.5. The normalized spacial score (nSPS) is 11.0. The lowest BCUT2D eigenvalue weighted by molar-refractivity contribution is 0.0519. The number of halogens is 2. The first-order valence-electron chi connectivity index (χ1n) is 7.27. The van der Waals surface area contributed by atoms with Gasteiger partial charge < -0.3 is 9.36 Å². The van der Waals surface area contributed by atoms with Crippen molar-refractivity contribution in [2.45, 2.75) is 6.92 Å². The molecule has 2 aromatic carbocycles. The Morgan fingerprint density at radius 2 is 1.68 bits per heavy atom. The molecule has 0 aliphatic rings. The third-order valence-corrected chi connectivity index (χ3v) is 3.88. The van der Waals surface area contributed by atoms with Crippen molar-refractivity contribution >= 4 is 35.4 Å². The molecule has 0 aliphatic carbocycles. The van der Waals surface area contributed by atoms with Crippen LogP contribution in [0.4, 0.5) is 0 Å². The molecular weight excluding hydrogens is 363 g/mol. The number of oxime groups is 1. The Morgan fingerprint density at radius 1 is 1.08 bits per heavy atom. The minimum Gasteiger partial charge on any atom is -0.355 e. The third-order valence-electron chi connectivity index (χ3n) is 3.38. The smallest absolute Gasteiger partial charge is 0.355 e. The van der Waals surface area contributed by atoms with Gasteiger partial charge in [-0.1, -0.05) is 45.6 Å². The number of hydrogen-bond donors (Lipinski definition) is 0. The van der Waals surface area contributed by atoms with Crippen molar-refractivity contribution in [2.24, 2.45) is 5.16 Å². The molecule has 0 atom stereocenters. The largest absolute Gasteiger partial charge is 0.371 e. The van der Waals surface area contributed by atoms with E-state index in [1.165, 1.54) is 6.21 Å². The molecule has 126 valence electrons. The van der Waals surface area contributed by atoms with Crippen LogP contribution in [0, 0.1) is 6.92 Å². The summed E-state index contributed by atoms with van der Waals surface area (Å²) < 4.78 is 5.26. The average molecular weight is 375 g/mol. The van der Waals surface area contributed by atoms with Crippen molar-refractivity contribution in [3.05, 3.63) is 75.4 Å². The van der Waals surface area contributed by atoms with Crippen LogP contribution in [0.15, 0.2) is 58.2 Å². The Morgan fingerprint density at radius 3 is 2.32 bits per heavy atom. The van der Waals surface area contributed by atoms with Crippen LogP contribution in [-0.2, 0) is 4.84 Å². The molecule has 3 aromatic rings. The van der Waals surface area contributed by atoms with Crippen LogP contribution in [0.2, 0.25) is 10.0 Å². The maximum Gasteiger partial charge on any atom is 0.371 e. The quantitative estimate of drug-likeness (QED) is 0.360. The van der Waals surface area contributed by atoms with Gasteiger partial charge in [-0.2, -0.15) is 0 Å². The van der Waals surface area contributed by atoms with E-state index >= 15 is 0 Å². The van der Waals surface area contributed by atoms with Gasteiger partial charge in [0.25, 0.3) is 0 Å². The molecule has 0 amide bonds. The summed E-state index contributed by atoms with van der Waals surface area (Å²) in [7, 11) is 0. The maximum absolute atomic E-state index is 12.3. The van der Waals surface area contributed by atoms with Gasteiger partial charge in [-0.15, -0.1) is 0 Å². The van der Waals surface area contributed by atoms with Crippen molar-refractivity contribution in [1.29, 1.82) is 0 Å². The third kappa shape index (κ3) is 4.07. The van der Waals surface area contributed by atoms with E-state index in [1.54, 1.807) is 55.5 Å². The number of rotatable bonds is 4.